The Morgan fingerprint density at radius 3 is 1.24 bits per heavy atom. The molecule has 0 spiro atoms. The molecule has 33 heavy (non-hydrogen) atoms. The van der Waals surface area contributed by atoms with E-state index in [1.807, 2.05) is 58.0 Å². The lowest BCUT2D eigenvalue weighted by Crippen LogP contribution is -2.08. The molecule has 172 valence electrons. The van der Waals surface area contributed by atoms with Crippen molar-refractivity contribution < 1.29 is 14.2 Å². The number of benzene rings is 3. The standard InChI is InChI=1S/C20H22O3P.C9H12/c1-13(2)15-9-5-7-11-17(15)19(21)24(23)20(22)18-12-8-6-10-16(18)14(3)4;1-8(2)9-6-4-3-5-7-9/h5-14H,1-4H3;3-8H,1-2H3/q+1;. The molecule has 0 amide bonds. The van der Waals surface area contributed by atoms with Crippen LogP contribution in [0.2, 0.25) is 0 Å². The van der Waals surface area contributed by atoms with Gasteiger partial charge in [0.15, 0.2) is 0 Å². The van der Waals surface area contributed by atoms with Crippen LogP contribution in [0, 0.1) is 0 Å². The highest BCUT2D eigenvalue weighted by Gasteiger charge is 2.42. The Balaban J connectivity index is 0.000000357. The van der Waals surface area contributed by atoms with Crippen molar-refractivity contribution in [3.05, 3.63) is 107 Å². The van der Waals surface area contributed by atoms with Gasteiger partial charge in [-0.3, -0.25) is 0 Å². The van der Waals surface area contributed by atoms with Gasteiger partial charge in [-0.2, -0.15) is 0 Å². The maximum atomic E-state index is 12.7. The minimum Gasteiger partial charge on any atom is -0.234 e. The van der Waals surface area contributed by atoms with Crippen LogP contribution in [0.5, 0.6) is 0 Å². The SMILES string of the molecule is CC(C)c1ccccc1.CC(C)c1ccccc1C(=O)[P+](=O)C(=O)c1ccccc1C(C)C. The number of rotatable bonds is 7. The van der Waals surface area contributed by atoms with E-state index in [-0.39, 0.29) is 11.8 Å². The third-order valence-electron chi connectivity index (χ3n) is 5.46. The van der Waals surface area contributed by atoms with Crippen LogP contribution >= 0.6 is 7.80 Å². The lowest BCUT2D eigenvalue weighted by Gasteiger charge is -2.09. The topological polar surface area (TPSA) is 51.2 Å². The smallest absolute Gasteiger partial charge is 0.234 e. The first-order valence-electron chi connectivity index (χ1n) is 11.4. The lowest BCUT2D eigenvalue weighted by molar-refractivity contribution is 0.104. The first-order valence-corrected chi connectivity index (χ1v) is 12.7. The molecule has 0 aromatic heterocycles. The second-order valence-corrected chi connectivity index (χ2v) is 10.4. The molecule has 0 atom stereocenters. The van der Waals surface area contributed by atoms with Crippen molar-refractivity contribution in [2.24, 2.45) is 0 Å². The van der Waals surface area contributed by atoms with E-state index < -0.39 is 18.8 Å². The van der Waals surface area contributed by atoms with Gasteiger partial charge >= 0.3 is 18.8 Å². The summed E-state index contributed by atoms with van der Waals surface area (Å²) >= 11 is 0. The summed E-state index contributed by atoms with van der Waals surface area (Å²) in [4.78, 5) is 25.3. The summed E-state index contributed by atoms with van der Waals surface area (Å²) in [7, 11) is -2.67. The molecule has 3 aromatic rings. The third-order valence-corrected chi connectivity index (χ3v) is 6.68. The summed E-state index contributed by atoms with van der Waals surface area (Å²) in [6, 6.07) is 24.6. The van der Waals surface area contributed by atoms with Crippen molar-refractivity contribution in [3.8, 4) is 0 Å². The van der Waals surface area contributed by atoms with Crippen LogP contribution < -0.4 is 0 Å². The summed E-state index contributed by atoms with van der Waals surface area (Å²) in [5.74, 6) is 0.893. The van der Waals surface area contributed by atoms with E-state index in [0.717, 1.165) is 11.1 Å². The van der Waals surface area contributed by atoms with Gasteiger partial charge < -0.3 is 0 Å². The molecule has 0 N–H and O–H groups in total. The fourth-order valence-electron chi connectivity index (χ4n) is 3.54. The van der Waals surface area contributed by atoms with Crippen molar-refractivity contribution in [2.75, 3.05) is 0 Å². The second-order valence-electron chi connectivity index (χ2n) is 8.95. The van der Waals surface area contributed by atoms with Crippen LogP contribution in [-0.2, 0) is 4.57 Å². The van der Waals surface area contributed by atoms with Crippen LogP contribution in [-0.4, -0.2) is 11.0 Å². The van der Waals surface area contributed by atoms with Crippen molar-refractivity contribution in [3.63, 3.8) is 0 Å². The zero-order valence-corrected chi connectivity index (χ0v) is 21.3. The number of hydrogen-bond donors (Lipinski definition) is 0. The van der Waals surface area contributed by atoms with E-state index >= 15 is 0 Å². The predicted octanol–water partition coefficient (Wildman–Crippen LogP) is 8.55. The molecule has 0 aliphatic rings. The quantitative estimate of drug-likeness (QED) is 0.331. The van der Waals surface area contributed by atoms with Gasteiger partial charge in [-0.25, -0.2) is 9.59 Å². The summed E-state index contributed by atoms with van der Waals surface area (Å²) in [5.41, 5.74) is 2.63. The van der Waals surface area contributed by atoms with Crippen LogP contribution in [0.1, 0.15) is 96.7 Å². The molecule has 0 unspecified atom stereocenters. The summed E-state index contributed by atoms with van der Waals surface area (Å²) in [5, 5.41) is 0. The molecule has 0 aliphatic heterocycles. The van der Waals surface area contributed by atoms with E-state index in [1.165, 1.54) is 5.56 Å². The van der Waals surface area contributed by atoms with Gasteiger partial charge in [-0.15, -0.1) is 0 Å². The molecular weight excluding hydrogens is 427 g/mol. The van der Waals surface area contributed by atoms with E-state index in [2.05, 4.69) is 38.1 Å². The highest BCUT2D eigenvalue weighted by Crippen LogP contribution is 2.36. The first-order chi connectivity index (χ1) is 15.6. The number of hydrogen-bond acceptors (Lipinski definition) is 3. The Kier molecular flexibility index (Phi) is 9.88. The summed E-state index contributed by atoms with van der Waals surface area (Å²) in [6.45, 7) is 12.3. The van der Waals surface area contributed by atoms with E-state index in [1.54, 1.807) is 24.3 Å². The van der Waals surface area contributed by atoms with Crippen LogP contribution in [0.3, 0.4) is 0 Å². The minimum atomic E-state index is -2.67. The average molecular weight is 462 g/mol. The van der Waals surface area contributed by atoms with Gasteiger partial charge in [-0.05, 0) is 46.6 Å². The monoisotopic (exact) mass is 461 g/mol. The average Bonchev–Trinajstić information content (AvgIpc) is 2.83. The molecule has 3 aromatic carbocycles. The fourth-order valence-corrected chi connectivity index (χ4v) is 4.57. The highest BCUT2D eigenvalue weighted by molar-refractivity contribution is 7.80. The largest absolute Gasteiger partial charge is 0.501 e. The van der Waals surface area contributed by atoms with Gasteiger partial charge in [0.25, 0.3) is 0 Å². The maximum absolute atomic E-state index is 12.7. The summed E-state index contributed by atoms with van der Waals surface area (Å²) in [6.07, 6.45) is 0. The van der Waals surface area contributed by atoms with Gasteiger partial charge in [0.2, 0.25) is 0 Å². The Bertz CT molecular complexity index is 1030. The van der Waals surface area contributed by atoms with Gasteiger partial charge in [0, 0.05) is 0 Å². The Labute approximate surface area is 199 Å². The van der Waals surface area contributed by atoms with Crippen molar-refractivity contribution in [2.45, 2.75) is 59.3 Å². The molecule has 0 bridgehead atoms. The lowest BCUT2D eigenvalue weighted by atomic mass is 9.98. The molecule has 3 nitrogen and oxygen atoms in total. The molecule has 0 saturated heterocycles. The third kappa shape index (κ3) is 7.04. The molecule has 4 heteroatoms. The van der Waals surface area contributed by atoms with Gasteiger partial charge in [-0.1, -0.05) is 113 Å². The van der Waals surface area contributed by atoms with Gasteiger partial charge in [0.05, 0.1) is 11.1 Å². The van der Waals surface area contributed by atoms with Crippen molar-refractivity contribution in [1.82, 2.24) is 0 Å². The van der Waals surface area contributed by atoms with Crippen molar-refractivity contribution >= 4 is 18.8 Å². The molecule has 0 fully saturated rings. The molecular formula is C29H34O3P+. The van der Waals surface area contributed by atoms with Crippen LogP contribution in [0.25, 0.3) is 0 Å². The minimum absolute atomic E-state index is 0.117. The first kappa shape index (κ1) is 26.4. The van der Waals surface area contributed by atoms with E-state index in [4.69, 9.17) is 0 Å². The molecule has 0 saturated carbocycles. The Hall–Kier alpha value is -2.90. The van der Waals surface area contributed by atoms with E-state index in [0.29, 0.717) is 17.0 Å². The maximum Gasteiger partial charge on any atom is 0.501 e. The Morgan fingerprint density at radius 2 is 0.909 bits per heavy atom. The molecule has 3 rings (SSSR count). The highest BCUT2D eigenvalue weighted by atomic mass is 31.1. The normalized spacial score (nSPS) is 10.7. The Morgan fingerprint density at radius 1 is 0.545 bits per heavy atom. The van der Waals surface area contributed by atoms with Gasteiger partial charge in [0.1, 0.15) is 0 Å². The zero-order valence-electron chi connectivity index (χ0n) is 20.4. The molecule has 0 heterocycles. The second kappa shape index (κ2) is 12.4. The van der Waals surface area contributed by atoms with Crippen LogP contribution in [0.4, 0.5) is 0 Å². The zero-order chi connectivity index (χ0) is 24.5. The van der Waals surface area contributed by atoms with E-state index in [9.17, 15) is 14.2 Å². The number of carbonyl (C=O) groups excluding carboxylic acids is 2. The predicted molar refractivity (Wildman–Crippen MR) is 138 cm³/mol. The molecule has 0 radical (unpaired) electrons. The summed E-state index contributed by atoms with van der Waals surface area (Å²) < 4.78 is 12.6. The fraction of sp³-hybridized carbons (Fsp3) is 0.310. The molecule has 0 aliphatic carbocycles. The van der Waals surface area contributed by atoms with Crippen LogP contribution in [0.15, 0.2) is 78.9 Å². The van der Waals surface area contributed by atoms with Crippen molar-refractivity contribution in [1.29, 1.82) is 0 Å². The number of carbonyl (C=O) groups is 2.